The summed E-state index contributed by atoms with van der Waals surface area (Å²) >= 11 is 0. The smallest absolute Gasteiger partial charge is 0.377 e. The zero-order valence-electron chi connectivity index (χ0n) is 6.24. The van der Waals surface area contributed by atoms with Crippen LogP contribution >= 0.6 is 0 Å². The molecule has 1 aromatic heterocycles. The number of pyridine rings is 1. The molecule has 0 saturated carbocycles. The minimum absolute atomic E-state index is 0.309. The van der Waals surface area contributed by atoms with Gasteiger partial charge in [0.05, 0.1) is 6.07 Å². The molecule has 4 heteroatoms. The topological polar surface area (TPSA) is 73.2 Å². The first-order valence-corrected chi connectivity index (χ1v) is 3.35. The number of aromatic nitrogens is 1. The van der Waals surface area contributed by atoms with Crippen LogP contribution in [0.1, 0.15) is 12.5 Å². The molecule has 3 N–H and O–H groups in total. The average molecular weight is 154 g/mol. The molecule has 0 aliphatic heterocycles. The van der Waals surface area contributed by atoms with Gasteiger partial charge in [0.15, 0.2) is 0 Å². The molecule has 0 aliphatic carbocycles. The van der Waals surface area contributed by atoms with Crippen LogP contribution in [0.25, 0.3) is 0 Å². The lowest BCUT2D eigenvalue weighted by molar-refractivity contribution is -0.612. The molecule has 1 aromatic rings. The van der Waals surface area contributed by atoms with Crippen molar-refractivity contribution in [3.8, 4) is 5.88 Å². The standard InChI is InChI=1S/C7H10N2O2/c1-2-5-3-7(10)9(11)4-6(5)8/h3-4,10H,2,8H2,1H3. The summed E-state index contributed by atoms with van der Waals surface area (Å²) in [5.41, 5.74) is 6.67. The molecule has 4 nitrogen and oxygen atoms in total. The van der Waals surface area contributed by atoms with Crippen LogP contribution in [0, 0.1) is 5.21 Å². The van der Waals surface area contributed by atoms with Gasteiger partial charge in [-0.15, -0.1) is 4.73 Å². The van der Waals surface area contributed by atoms with Crippen LogP contribution < -0.4 is 10.5 Å². The van der Waals surface area contributed by atoms with Crippen LogP contribution in [-0.4, -0.2) is 5.11 Å². The third-order valence-electron chi connectivity index (χ3n) is 1.54. The van der Waals surface area contributed by atoms with Crippen LogP contribution in [0.15, 0.2) is 12.3 Å². The molecular weight excluding hydrogens is 144 g/mol. The van der Waals surface area contributed by atoms with Crippen LogP contribution in [0.2, 0.25) is 0 Å². The van der Waals surface area contributed by atoms with E-state index in [4.69, 9.17) is 10.8 Å². The summed E-state index contributed by atoms with van der Waals surface area (Å²) in [6.07, 6.45) is 1.87. The van der Waals surface area contributed by atoms with Gasteiger partial charge in [-0.1, -0.05) is 6.92 Å². The Bertz CT molecular complexity index is 273. The largest absolute Gasteiger partial charge is 0.616 e. The molecule has 1 rings (SSSR count). The van der Waals surface area contributed by atoms with Gasteiger partial charge in [-0.05, 0) is 12.0 Å². The normalized spacial score (nSPS) is 9.91. The van der Waals surface area contributed by atoms with Crippen molar-refractivity contribution in [2.45, 2.75) is 13.3 Å². The minimum atomic E-state index is -0.309. The van der Waals surface area contributed by atoms with E-state index in [0.717, 1.165) is 11.8 Å². The Balaban J connectivity index is 3.21. The van der Waals surface area contributed by atoms with Gasteiger partial charge >= 0.3 is 5.88 Å². The van der Waals surface area contributed by atoms with Crippen molar-refractivity contribution >= 4 is 5.69 Å². The van der Waals surface area contributed by atoms with Gasteiger partial charge < -0.3 is 16.0 Å². The second-order valence-corrected chi connectivity index (χ2v) is 2.29. The Morgan fingerprint density at radius 1 is 1.73 bits per heavy atom. The lowest BCUT2D eigenvalue weighted by Gasteiger charge is -2.03. The highest BCUT2D eigenvalue weighted by atomic mass is 16.5. The van der Waals surface area contributed by atoms with Gasteiger partial charge in [-0.25, -0.2) is 0 Å². The van der Waals surface area contributed by atoms with Gasteiger partial charge in [-0.2, -0.15) is 0 Å². The quantitative estimate of drug-likeness (QED) is 0.447. The predicted octanol–water partition coefficient (Wildman–Crippen LogP) is 0.170. The molecule has 0 spiro atoms. The molecule has 0 amide bonds. The minimum Gasteiger partial charge on any atom is -0.616 e. The summed E-state index contributed by atoms with van der Waals surface area (Å²) in [6, 6.07) is 1.38. The number of nitrogens with two attached hydrogens (primary N) is 1. The third kappa shape index (κ3) is 1.34. The van der Waals surface area contributed by atoms with Crippen molar-refractivity contribution in [2.24, 2.45) is 0 Å². The molecule has 1 heterocycles. The number of aromatic hydroxyl groups is 1. The Kier molecular flexibility index (Phi) is 1.85. The van der Waals surface area contributed by atoms with Crippen molar-refractivity contribution in [3.05, 3.63) is 23.0 Å². The molecular formula is C7H10N2O2. The van der Waals surface area contributed by atoms with Crippen molar-refractivity contribution in [3.63, 3.8) is 0 Å². The average Bonchev–Trinajstić information content (AvgIpc) is 1.97. The maximum Gasteiger partial charge on any atom is 0.377 e. The molecule has 0 aliphatic rings. The number of nitrogen functional groups attached to an aromatic ring is 1. The van der Waals surface area contributed by atoms with Gasteiger partial charge in [0.1, 0.15) is 5.69 Å². The summed E-state index contributed by atoms with van der Waals surface area (Å²) in [5.74, 6) is -0.309. The van der Waals surface area contributed by atoms with Crippen LogP contribution in [0.4, 0.5) is 5.69 Å². The molecule has 11 heavy (non-hydrogen) atoms. The lowest BCUT2D eigenvalue weighted by atomic mass is 10.2. The van der Waals surface area contributed by atoms with E-state index >= 15 is 0 Å². The fourth-order valence-corrected chi connectivity index (χ4v) is 0.884. The zero-order valence-corrected chi connectivity index (χ0v) is 6.24. The maximum absolute atomic E-state index is 10.7. The molecule has 0 atom stereocenters. The van der Waals surface area contributed by atoms with Crippen LogP contribution in [0.3, 0.4) is 0 Å². The first kappa shape index (κ1) is 7.65. The number of aryl methyl sites for hydroxylation is 1. The van der Waals surface area contributed by atoms with E-state index in [0.29, 0.717) is 16.8 Å². The molecule has 0 fully saturated rings. The van der Waals surface area contributed by atoms with Gasteiger partial charge in [0.2, 0.25) is 6.20 Å². The highest BCUT2D eigenvalue weighted by Gasteiger charge is 2.06. The summed E-state index contributed by atoms with van der Waals surface area (Å²) < 4.78 is 0.342. The van der Waals surface area contributed by atoms with Crippen LogP contribution in [0.5, 0.6) is 5.88 Å². The SMILES string of the molecule is CCc1cc(O)[n+]([O-])cc1N. The summed E-state index contributed by atoms with van der Waals surface area (Å²) in [7, 11) is 0. The summed E-state index contributed by atoms with van der Waals surface area (Å²) in [4.78, 5) is 0. The van der Waals surface area contributed by atoms with E-state index in [2.05, 4.69) is 0 Å². The van der Waals surface area contributed by atoms with E-state index in [-0.39, 0.29) is 5.88 Å². The highest BCUT2D eigenvalue weighted by Crippen LogP contribution is 2.13. The first-order valence-electron chi connectivity index (χ1n) is 3.35. The van der Waals surface area contributed by atoms with Crippen molar-refractivity contribution in [2.75, 3.05) is 5.73 Å². The monoisotopic (exact) mass is 154 g/mol. The highest BCUT2D eigenvalue weighted by molar-refractivity contribution is 5.44. The molecule has 60 valence electrons. The van der Waals surface area contributed by atoms with Crippen molar-refractivity contribution in [1.82, 2.24) is 0 Å². The zero-order chi connectivity index (χ0) is 8.43. The fourth-order valence-electron chi connectivity index (χ4n) is 0.884. The van der Waals surface area contributed by atoms with E-state index in [1.807, 2.05) is 6.92 Å². The van der Waals surface area contributed by atoms with E-state index < -0.39 is 0 Å². The fraction of sp³-hybridized carbons (Fsp3) is 0.286. The number of anilines is 1. The number of hydrogen-bond acceptors (Lipinski definition) is 3. The maximum atomic E-state index is 10.7. The Labute approximate surface area is 64.5 Å². The molecule has 0 saturated heterocycles. The second-order valence-electron chi connectivity index (χ2n) is 2.29. The van der Waals surface area contributed by atoms with E-state index in [9.17, 15) is 5.21 Å². The Morgan fingerprint density at radius 2 is 2.36 bits per heavy atom. The molecule has 0 bridgehead atoms. The van der Waals surface area contributed by atoms with E-state index in [1.165, 1.54) is 6.07 Å². The molecule has 0 unspecified atom stereocenters. The number of hydrogen-bond donors (Lipinski definition) is 2. The van der Waals surface area contributed by atoms with E-state index in [1.54, 1.807) is 0 Å². The second kappa shape index (κ2) is 2.65. The Morgan fingerprint density at radius 3 is 2.91 bits per heavy atom. The summed E-state index contributed by atoms with van der Waals surface area (Å²) in [6.45, 7) is 1.90. The predicted molar refractivity (Wildman–Crippen MR) is 40.9 cm³/mol. The van der Waals surface area contributed by atoms with Crippen molar-refractivity contribution in [1.29, 1.82) is 0 Å². The number of rotatable bonds is 1. The van der Waals surface area contributed by atoms with Gasteiger partial charge in [0.25, 0.3) is 0 Å². The lowest BCUT2D eigenvalue weighted by Crippen LogP contribution is -2.26. The third-order valence-corrected chi connectivity index (χ3v) is 1.54. The molecule has 0 aromatic carbocycles. The van der Waals surface area contributed by atoms with Crippen LogP contribution in [-0.2, 0) is 6.42 Å². The summed E-state index contributed by atoms with van der Waals surface area (Å²) in [5, 5.41) is 19.6. The van der Waals surface area contributed by atoms with Crippen molar-refractivity contribution < 1.29 is 9.84 Å². The first-order chi connectivity index (χ1) is 5.15. The number of nitrogens with zero attached hydrogens (tertiary/aromatic N) is 1. The Hall–Kier alpha value is -1.45. The van der Waals surface area contributed by atoms with Gasteiger partial charge in [-0.3, -0.25) is 0 Å². The van der Waals surface area contributed by atoms with Gasteiger partial charge in [0, 0.05) is 0 Å². The molecule has 0 radical (unpaired) electrons.